The standard InChI is InChI=1S/C50H30O/c1-2-15-34-29-48-47(28-33(34)14-1)43-26-11-27-44(50(43)51-48)49-41-24-9-22-39(37-20-7-16-31-12-3-5-18-35(31)37)45(41)30-46-40(23-10-25-42(46)49)38-21-8-17-32-13-4-6-19-36(32)38/h1-30H. The van der Waals surface area contributed by atoms with Gasteiger partial charge in [0.15, 0.2) is 0 Å². The fourth-order valence-electron chi connectivity index (χ4n) is 8.53. The molecule has 0 saturated heterocycles. The molecule has 0 aliphatic rings. The first-order valence-corrected chi connectivity index (χ1v) is 17.6. The molecular formula is C50H30O. The Labute approximate surface area is 294 Å². The summed E-state index contributed by atoms with van der Waals surface area (Å²) in [6, 6.07) is 66.4. The molecule has 0 saturated carbocycles. The lowest BCUT2D eigenvalue weighted by Gasteiger charge is -2.18. The second-order valence-corrected chi connectivity index (χ2v) is 13.6. The second-order valence-electron chi connectivity index (χ2n) is 13.6. The van der Waals surface area contributed by atoms with E-state index in [1.807, 2.05) is 0 Å². The summed E-state index contributed by atoms with van der Waals surface area (Å²) in [6.45, 7) is 0. The molecule has 1 aromatic heterocycles. The van der Waals surface area contributed by atoms with E-state index < -0.39 is 0 Å². The summed E-state index contributed by atoms with van der Waals surface area (Å²) in [5.74, 6) is 0. The molecule has 0 radical (unpaired) electrons. The highest BCUT2D eigenvalue weighted by atomic mass is 16.3. The number of hydrogen-bond donors (Lipinski definition) is 0. The zero-order valence-corrected chi connectivity index (χ0v) is 27.7. The van der Waals surface area contributed by atoms with Gasteiger partial charge in [-0.25, -0.2) is 0 Å². The molecule has 11 rings (SSSR count). The molecule has 0 aliphatic carbocycles. The zero-order valence-electron chi connectivity index (χ0n) is 27.7. The average Bonchev–Trinajstić information content (AvgIpc) is 3.56. The van der Waals surface area contributed by atoms with Crippen LogP contribution in [0.3, 0.4) is 0 Å². The highest BCUT2D eigenvalue weighted by Crippen LogP contribution is 2.47. The van der Waals surface area contributed by atoms with Crippen molar-refractivity contribution >= 4 is 75.8 Å². The van der Waals surface area contributed by atoms with Gasteiger partial charge < -0.3 is 4.42 Å². The summed E-state index contributed by atoms with van der Waals surface area (Å²) in [6.07, 6.45) is 0. The molecule has 1 nitrogen and oxygen atoms in total. The Morgan fingerprint density at radius 1 is 0.255 bits per heavy atom. The van der Waals surface area contributed by atoms with Crippen LogP contribution in [0.4, 0.5) is 0 Å². The molecule has 0 N–H and O–H groups in total. The molecule has 0 aliphatic heterocycles. The van der Waals surface area contributed by atoms with Crippen LogP contribution in [0.5, 0.6) is 0 Å². The largest absolute Gasteiger partial charge is 0.455 e. The molecule has 0 unspecified atom stereocenters. The van der Waals surface area contributed by atoms with Crippen molar-refractivity contribution in [2.45, 2.75) is 0 Å². The molecule has 11 aromatic rings. The van der Waals surface area contributed by atoms with Crippen molar-refractivity contribution in [1.82, 2.24) is 0 Å². The molecule has 0 atom stereocenters. The molecule has 0 amide bonds. The lowest BCUT2D eigenvalue weighted by molar-refractivity contribution is 0.670. The van der Waals surface area contributed by atoms with Gasteiger partial charge in [-0.3, -0.25) is 0 Å². The molecule has 0 fully saturated rings. The third kappa shape index (κ3) is 4.22. The molecule has 1 heteroatoms. The van der Waals surface area contributed by atoms with Gasteiger partial charge in [0.05, 0.1) is 0 Å². The van der Waals surface area contributed by atoms with Crippen molar-refractivity contribution in [1.29, 1.82) is 0 Å². The van der Waals surface area contributed by atoms with E-state index >= 15 is 0 Å². The lowest BCUT2D eigenvalue weighted by atomic mass is 9.85. The molecular weight excluding hydrogens is 617 g/mol. The summed E-state index contributed by atoms with van der Waals surface area (Å²) < 4.78 is 6.89. The predicted octanol–water partition coefficient (Wildman–Crippen LogP) is 14.4. The van der Waals surface area contributed by atoms with Gasteiger partial charge in [0.1, 0.15) is 11.2 Å². The minimum Gasteiger partial charge on any atom is -0.455 e. The Morgan fingerprint density at radius 3 is 1.25 bits per heavy atom. The Kier molecular flexibility index (Phi) is 6.02. The fourth-order valence-corrected chi connectivity index (χ4v) is 8.53. The van der Waals surface area contributed by atoms with E-state index in [1.165, 1.54) is 81.7 Å². The Bertz CT molecular complexity index is 3050. The number of furan rings is 1. The maximum absolute atomic E-state index is 6.89. The third-order valence-corrected chi connectivity index (χ3v) is 10.8. The number of rotatable bonds is 3. The minimum absolute atomic E-state index is 0.911. The summed E-state index contributed by atoms with van der Waals surface area (Å²) >= 11 is 0. The summed E-state index contributed by atoms with van der Waals surface area (Å²) in [5.41, 5.74) is 9.05. The summed E-state index contributed by atoms with van der Waals surface area (Å²) in [5, 5.41) is 14.5. The molecule has 236 valence electrons. The van der Waals surface area contributed by atoms with Crippen LogP contribution in [0.1, 0.15) is 0 Å². The van der Waals surface area contributed by atoms with Gasteiger partial charge in [-0.05, 0) is 94.3 Å². The zero-order chi connectivity index (χ0) is 33.5. The molecule has 1 heterocycles. The van der Waals surface area contributed by atoms with E-state index in [0.717, 1.165) is 27.5 Å². The second kappa shape index (κ2) is 10.9. The van der Waals surface area contributed by atoms with Crippen LogP contribution in [0.25, 0.3) is 109 Å². The number of fused-ring (bicyclic) bond motifs is 8. The first-order valence-electron chi connectivity index (χ1n) is 17.6. The van der Waals surface area contributed by atoms with Crippen LogP contribution in [0.2, 0.25) is 0 Å². The van der Waals surface area contributed by atoms with Crippen molar-refractivity contribution < 1.29 is 4.42 Å². The first-order chi connectivity index (χ1) is 25.3. The number of para-hydroxylation sites is 1. The molecule has 0 bridgehead atoms. The minimum atomic E-state index is 0.911. The smallest absolute Gasteiger partial charge is 0.143 e. The number of benzene rings is 10. The summed E-state index contributed by atoms with van der Waals surface area (Å²) in [7, 11) is 0. The maximum Gasteiger partial charge on any atom is 0.143 e. The Hall–Kier alpha value is -6.70. The van der Waals surface area contributed by atoms with Gasteiger partial charge in [-0.2, -0.15) is 0 Å². The van der Waals surface area contributed by atoms with Crippen molar-refractivity contribution in [3.8, 4) is 33.4 Å². The number of hydrogen-bond acceptors (Lipinski definition) is 1. The van der Waals surface area contributed by atoms with E-state index in [-0.39, 0.29) is 0 Å². The Morgan fingerprint density at radius 2 is 0.667 bits per heavy atom. The van der Waals surface area contributed by atoms with Crippen LogP contribution < -0.4 is 0 Å². The topological polar surface area (TPSA) is 13.1 Å². The maximum atomic E-state index is 6.89. The fraction of sp³-hybridized carbons (Fsp3) is 0. The molecule has 51 heavy (non-hydrogen) atoms. The lowest BCUT2D eigenvalue weighted by Crippen LogP contribution is -1.92. The van der Waals surface area contributed by atoms with Gasteiger partial charge in [0.25, 0.3) is 0 Å². The first kappa shape index (κ1) is 28.2. The van der Waals surface area contributed by atoms with E-state index in [1.54, 1.807) is 0 Å². The average molecular weight is 647 g/mol. The van der Waals surface area contributed by atoms with Crippen molar-refractivity contribution in [3.05, 3.63) is 182 Å². The van der Waals surface area contributed by atoms with E-state index in [0.29, 0.717) is 0 Å². The van der Waals surface area contributed by atoms with Gasteiger partial charge in [0.2, 0.25) is 0 Å². The van der Waals surface area contributed by atoms with Crippen LogP contribution in [-0.2, 0) is 0 Å². The van der Waals surface area contributed by atoms with Gasteiger partial charge in [0, 0.05) is 21.9 Å². The van der Waals surface area contributed by atoms with Crippen LogP contribution in [0, 0.1) is 0 Å². The van der Waals surface area contributed by atoms with Crippen LogP contribution in [0.15, 0.2) is 186 Å². The van der Waals surface area contributed by atoms with E-state index in [4.69, 9.17) is 4.42 Å². The SMILES string of the molecule is c1ccc2cc3c(cc2c1)oc1c(-c2c4cccc(-c5cccc6ccccc56)c4cc4c(-c5cccc6ccccc56)cccc24)cccc13. The van der Waals surface area contributed by atoms with Crippen molar-refractivity contribution in [2.75, 3.05) is 0 Å². The Balaban J connectivity index is 1.30. The van der Waals surface area contributed by atoms with E-state index in [2.05, 4.69) is 182 Å². The van der Waals surface area contributed by atoms with Crippen LogP contribution >= 0.6 is 0 Å². The van der Waals surface area contributed by atoms with Gasteiger partial charge in [-0.1, -0.05) is 164 Å². The van der Waals surface area contributed by atoms with Gasteiger partial charge >= 0.3 is 0 Å². The predicted molar refractivity (Wildman–Crippen MR) is 218 cm³/mol. The van der Waals surface area contributed by atoms with E-state index in [9.17, 15) is 0 Å². The van der Waals surface area contributed by atoms with Crippen molar-refractivity contribution in [3.63, 3.8) is 0 Å². The van der Waals surface area contributed by atoms with Crippen LogP contribution in [-0.4, -0.2) is 0 Å². The quantitative estimate of drug-likeness (QED) is 0.174. The molecule has 10 aromatic carbocycles. The van der Waals surface area contributed by atoms with Crippen molar-refractivity contribution in [2.24, 2.45) is 0 Å². The highest BCUT2D eigenvalue weighted by molar-refractivity contribution is 6.24. The summed E-state index contributed by atoms with van der Waals surface area (Å²) in [4.78, 5) is 0. The highest BCUT2D eigenvalue weighted by Gasteiger charge is 2.21. The monoisotopic (exact) mass is 646 g/mol. The molecule has 0 spiro atoms. The normalized spacial score (nSPS) is 11.9. The van der Waals surface area contributed by atoms with Gasteiger partial charge in [-0.15, -0.1) is 0 Å². The third-order valence-electron chi connectivity index (χ3n) is 10.8.